The van der Waals surface area contributed by atoms with Gasteiger partial charge in [-0.1, -0.05) is 6.07 Å². The lowest BCUT2D eigenvalue weighted by molar-refractivity contribution is 0.625. The third-order valence-corrected chi connectivity index (χ3v) is 2.37. The van der Waals surface area contributed by atoms with Crippen LogP contribution < -0.4 is 11.1 Å². The summed E-state index contributed by atoms with van der Waals surface area (Å²) in [5.41, 5.74) is 7.01. The van der Waals surface area contributed by atoms with Crippen LogP contribution in [0.2, 0.25) is 0 Å². The molecule has 0 fully saturated rings. The summed E-state index contributed by atoms with van der Waals surface area (Å²) in [6.45, 7) is 1.47. The van der Waals surface area contributed by atoms with E-state index in [4.69, 9.17) is 5.73 Å². The fourth-order valence-corrected chi connectivity index (χ4v) is 1.51. The van der Waals surface area contributed by atoms with Crippen LogP contribution in [-0.4, -0.2) is 22.9 Å². The van der Waals surface area contributed by atoms with Crippen LogP contribution in [-0.2, 0) is 0 Å². The molecule has 1 aromatic heterocycles. The molecule has 1 aromatic carbocycles. The van der Waals surface area contributed by atoms with Crippen LogP contribution >= 0.6 is 0 Å². The van der Waals surface area contributed by atoms with Gasteiger partial charge in [0.2, 0.25) is 0 Å². The second-order valence-electron chi connectivity index (χ2n) is 3.72. The number of aromatic nitrogens is 2. The van der Waals surface area contributed by atoms with E-state index in [1.807, 2.05) is 6.20 Å². The molecule has 2 rings (SSSR count). The molecule has 0 spiro atoms. The van der Waals surface area contributed by atoms with E-state index >= 15 is 0 Å². The number of nitrogens with two attached hydrogens (primary N) is 1. The van der Waals surface area contributed by atoms with E-state index in [0.29, 0.717) is 12.2 Å². The summed E-state index contributed by atoms with van der Waals surface area (Å²) in [7, 11) is 0. The van der Waals surface area contributed by atoms with Gasteiger partial charge in [-0.2, -0.15) is 5.10 Å². The average molecular weight is 234 g/mol. The van der Waals surface area contributed by atoms with Crippen molar-refractivity contribution < 1.29 is 4.39 Å². The first-order chi connectivity index (χ1) is 8.29. The summed E-state index contributed by atoms with van der Waals surface area (Å²) < 4.78 is 14.7. The largest absolute Gasteiger partial charge is 0.382 e. The van der Waals surface area contributed by atoms with Crippen LogP contribution in [0.25, 0.3) is 5.69 Å². The summed E-state index contributed by atoms with van der Waals surface area (Å²) in [5, 5.41) is 7.36. The van der Waals surface area contributed by atoms with Crippen molar-refractivity contribution in [2.45, 2.75) is 6.42 Å². The molecule has 0 aliphatic heterocycles. The fraction of sp³-hybridized carbons (Fsp3) is 0.250. The quantitative estimate of drug-likeness (QED) is 0.775. The average Bonchev–Trinajstić information content (AvgIpc) is 2.78. The number of anilines is 1. The van der Waals surface area contributed by atoms with E-state index in [1.165, 1.54) is 12.1 Å². The van der Waals surface area contributed by atoms with Crippen LogP contribution in [0.4, 0.5) is 10.1 Å². The van der Waals surface area contributed by atoms with Crippen molar-refractivity contribution in [1.82, 2.24) is 9.78 Å². The third-order valence-electron chi connectivity index (χ3n) is 2.37. The standard InChI is InChI=1S/C12H15FN4/c13-10-3-1-4-12(7-10)17-9-11(8-16-17)15-6-2-5-14/h1,3-4,7-9,15H,2,5-6,14H2. The second kappa shape index (κ2) is 5.45. The van der Waals surface area contributed by atoms with Gasteiger partial charge in [-0.25, -0.2) is 9.07 Å². The van der Waals surface area contributed by atoms with Crippen molar-refractivity contribution in [3.8, 4) is 5.69 Å². The molecule has 0 aliphatic rings. The minimum absolute atomic E-state index is 0.268. The maximum absolute atomic E-state index is 13.0. The molecule has 0 aliphatic carbocycles. The molecule has 0 radical (unpaired) electrons. The van der Waals surface area contributed by atoms with Gasteiger partial charge in [-0.15, -0.1) is 0 Å². The van der Waals surface area contributed by atoms with E-state index in [0.717, 1.165) is 18.7 Å². The molecule has 0 amide bonds. The molecule has 4 nitrogen and oxygen atoms in total. The highest BCUT2D eigenvalue weighted by atomic mass is 19.1. The van der Waals surface area contributed by atoms with Crippen LogP contribution in [0.15, 0.2) is 36.7 Å². The first-order valence-corrected chi connectivity index (χ1v) is 5.54. The second-order valence-corrected chi connectivity index (χ2v) is 3.72. The molecule has 5 heteroatoms. The molecule has 0 saturated carbocycles. The minimum Gasteiger partial charge on any atom is -0.382 e. The Morgan fingerprint density at radius 2 is 2.29 bits per heavy atom. The first kappa shape index (κ1) is 11.6. The van der Waals surface area contributed by atoms with Crippen molar-refractivity contribution in [3.63, 3.8) is 0 Å². The molecule has 3 N–H and O–H groups in total. The molecule has 1 heterocycles. The highest BCUT2D eigenvalue weighted by Gasteiger charge is 2.01. The Labute approximate surface area is 99.2 Å². The normalized spacial score (nSPS) is 10.5. The Hall–Kier alpha value is -1.88. The molecule has 0 unspecified atom stereocenters. The van der Waals surface area contributed by atoms with Crippen LogP contribution in [0.3, 0.4) is 0 Å². The van der Waals surface area contributed by atoms with Crippen molar-refractivity contribution >= 4 is 5.69 Å². The van der Waals surface area contributed by atoms with Gasteiger partial charge < -0.3 is 11.1 Å². The van der Waals surface area contributed by atoms with Crippen molar-refractivity contribution in [2.75, 3.05) is 18.4 Å². The lowest BCUT2D eigenvalue weighted by Crippen LogP contribution is -2.07. The number of nitrogens with one attached hydrogen (secondary N) is 1. The summed E-state index contributed by atoms with van der Waals surface area (Å²) in [6.07, 6.45) is 4.44. The van der Waals surface area contributed by atoms with Crippen molar-refractivity contribution in [3.05, 3.63) is 42.5 Å². The van der Waals surface area contributed by atoms with E-state index in [-0.39, 0.29) is 5.82 Å². The SMILES string of the molecule is NCCCNc1cnn(-c2cccc(F)c2)c1. The van der Waals surface area contributed by atoms with Gasteiger partial charge in [0.1, 0.15) is 5.82 Å². The van der Waals surface area contributed by atoms with Gasteiger partial charge >= 0.3 is 0 Å². The van der Waals surface area contributed by atoms with Crippen LogP contribution in [0, 0.1) is 5.82 Å². The first-order valence-electron chi connectivity index (χ1n) is 5.54. The van der Waals surface area contributed by atoms with Crippen molar-refractivity contribution in [1.29, 1.82) is 0 Å². The Balaban J connectivity index is 2.07. The summed E-state index contributed by atoms with van der Waals surface area (Å²) >= 11 is 0. The van der Waals surface area contributed by atoms with E-state index in [2.05, 4.69) is 10.4 Å². The summed E-state index contributed by atoms with van der Waals surface area (Å²) in [4.78, 5) is 0. The zero-order valence-electron chi connectivity index (χ0n) is 9.44. The Morgan fingerprint density at radius 3 is 3.06 bits per heavy atom. The number of hydrogen-bond acceptors (Lipinski definition) is 3. The maximum Gasteiger partial charge on any atom is 0.125 e. The van der Waals surface area contributed by atoms with E-state index in [9.17, 15) is 4.39 Å². The molecular formula is C12H15FN4. The van der Waals surface area contributed by atoms with Gasteiger partial charge in [0, 0.05) is 6.54 Å². The molecule has 90 valence electrons. The summed E-state index contributed by atoms with van der Waals surface area (Å²) in [6, 6.07) is 6.32. The van der Waals surface area contributed by atoms with Gasteiger partial charge in [0.05, 0.1) is 23.8 Å². The number of halogens is 1. The van der Waals surface area contributed by atoms with Crippen molar-refractivity contribution in [2.24, 2.45) is 5.73 Å². The predicted molar refractivity (Wildman–Crippen MR) is 65.7 cm³/mol. The highest BCUT2D eigenvalue weighted by Crippen LogP contribution is 2.12. The van der Waals surface area contributed by atoms with E-state index < -0.39 is 0 Å². The van der Waals surface area contributed by atoms with E-state index in [1.54, 1.807) is 23.0 Å². The zero-order valence-corrected chi connectivity index (χ0v) is 9.44. The number of hydrogen-bond donors (Lipinski definition) is 2. The lowest BCUT2D eigenvalue weighted by atomic mass is 10.3. The number of benzene rings is 1. The number of rotatable bonds is 5. The predicted octanol–water partition coefficient (Wildman–Crippen LogP) is 1.77. The molecule has 0 bridgehead atoms. The smallest absolute Gasteiger partial charge is 0.125 e. The molecule has 0 atom stereocenters. The third kappa shape index (κ3) is 3.04. The molecular weight excluding hydrogens is 219 g/mol. The maximum atomic E-state index is 13.0. The lowest BCUT2D eigenvalue weighted by Gasteiger charge is -2.01. The van der Waals surface area contributed by atoms with Gasteiger partial charge in [0.15, 0.2) is 0 Å². The zero-order chi connectivity index (χ0) is 12.1. The fourth-order valence-electron chi connectivity index (χ4n) is 1.51. The number of nitrogens with zero attached hydrogens (tertiary/aromatic N) is 2. The highest BCUT2D eigenvalue weighted by molar-refractivity contribution is 5.42. The Kier molecular flexibility index (Phi) is 3.72. The van der Waals surface area contributed by atoms with Crippen LogP contribution in [0.5, 0.6) is 0 Å². The molecule has 17 heavy (non-hydrogen) atoms. The molecule has 2 aromatic rings. The topological polar surface area (TPSA) is 55.9 Å². The summed E-state index contributed by atoms with van der Waals surface area (Å²) in [5.74, 6) is -0.268. The minimum atomic E-state index is -0.268. The Bertz CT molecular complexity index is 481. The molecule has 0 saturated heterocycles. The Morgan fingerprint density at radius 1 is 1.41 bits per heavy atom. The van der Waals surface area contributed by atoms with Crippen LogP contribution in [0.1, 0.15) is 6.42 Å². The van der Waals surface area contributed by atoms with Gasteiger partial charge in [-0.05, 0) is 31.2 Å². The van der Waals surface area contributed by atoms with Gasteiger partial charge in [-0.3, -0.25) is 0 Å². The monoisotopic (exact) mass is 234 g/mol. The van der Waals surface area contributed by atoms with Gasteiger partial charge in [0.25, 0.3) is 0 Å².